The van der Waals surface area contributed by atoms with E-state index >= 15 is 0 Å². The molecule has 1 aliphatic rings. The van der Waals surface area contributed by atoms with Crippen molar-refractivity contribution < 1.29 is 14.1 Å². The molecule has 0 radical (unpaired) electrons. The van der Waals surface area contributed by atoms with E-state index in [9.17, 15) is 9.59 Å². The molecule has 2 amide bonds. The van der Waals surface area contributed by atoms with Crippen molar-refractivity contribution in [3.05, 3.63) is 36.0 Å². The van der Waals surface area contributed by atoms with E-state index in [0.29, 0.717) is 31.1 Å². The Kier molecular flexibility index (Phi) is 5.44. The highest BCUT2D eigenvalue weighted by molar-refractivity contribution is 5.92. The van der Waals surface area contributed by atoms with Gasteiger partial charge in [0.15, 0.2) is 5.69 Å². The SMILES string of the molecule is Cc1cc(C(=O)N2CCN(CCNC(=O)Cn3cccn3)CC2)no1. The van der Waals surface area contributed by atoms with E-state index < -0.39 is 0 Å². The van der Waals surface area contributed by atoms with Crippen LogP contribution in [0.15, 0.2) is 29.0 Å². The number of amides is 2. The number of carbonyl (C=O) groups is 2. The van der Waals surface area contributed by atoms with Crippen molar-refractivity contribution in [1.82, 2.24) is 30.1 Å². The Bertz CT molecular complexity index is 703. The second kappa shape index (κ2) is 7.93. The maximum atomic E-state index is 12.3. The molecule has 3 heterocycles. The zero-order chi connectivity index (χ0) is 17.6. The first kappa shape index (κ1) is 17.2. The van der Waals surface area contributed by atoms with Crippen LogP contribution in [0, 0.1) is 6.92 Å². The minimum absolute atomic E-state index is 0.0566. The fourth-order valence-electron chi connectivity index (χ4n) is 2.75. The van der Waals surface area contributed by atoms with Gasteiger partial charge >= 0.3 is 0 Å². The molecule has 1 N–H and O–H groups in total. The predicted molar refractivity (Wildman–Crippen MR) is 88.8 cm³/mol. The fourth-order valence-corrected chi connectivity index (χ4v) is 2.75. The molecule has 1 saturated heterocycles. The van der Waals surface area contributed by atoms with E-state index in [-0.39, 0.29) is 18.4 Å². The topological polar surface area (TPSA) is 96.5 Å². The van der Waals surface area contributed by atoms with Crippen molar-refractivity contribution in [2.45, 2.75) is 13.5 Å². The summed E-state index contributed by atoms with van der Waals surface area (Å²) in [5, 5.41) is 10.7. The molecule has 9 nitrogen and oxygen atoms in total. The monoisotopic (exact) mass is 346 g/mol. The number of hydrogen-bond acceptors (Lipinski definition) is 6. The van der Waals surface area contributed by atoms with E-state index in [1.54, 1.807) is 41.0 Å². The van der Waals surface area contributed by atoms with Gasteiger partial charge in [-0.2, -0.15) is 5.10 Å². The van der Waals surface area contributed by atoms with E-state index in [1.165, 1.54) is 0 Å². The highest BCUT2D eigenvalue weighted by Gasteiger charge is 2.24. The van der Waals surface area contributed by atoms with Crippen LogP contribution < -0.4 is 5.32 Å². The summed E-state index contributed by atoms with van der Waals surface area (Å²) in [6.07, 6.45) is 3.40. The third-order valence-corrected chi connectivity index (χ3v) is 4.12. The quantitative estimate of drug-likeness (QED) is 0.775. The molecule has 9 heteroatoms. The molecular weight excluding hydrogens is 324 g/mol. The lowest BCUT2D eigenvalue weighted by Gasteiger charge is -2.34. The third-order valence-electron chi connectivity index (χ3n) is 4.12. The van der Waals surface area contributed by atoms with Crippen LogP contribution in [0.25, 0.3) is 0 Å². The zero-order valence-electron chi connectivity index (χ0n) is 14.2. The van der Waals surface area contributed by atoms with E-state index in [0.717, 1.165) is 19.6 Å². The molecule has 0 aliphatic carbocycles. The summed E-state index contributed by atoms with van der Waals surface area (Å²) in [7, 11) is 0. The van der Waals surface area contributed by atoms with Crippen molar-refractivity contribution in [1.29, 1.82) is 0 Å². The first-order valence-corrected chi connectivity index (χ1v) is 8.31. The van der Waals surface area contributed by atoms with E-state index in [1.807, 2.05) is 0 Å². The van der Waals surface area contributed by atoms with Crippen molar-refractivity contribution >= 4 is 11.8 Å². The van der Waals surface area contributed by atoms with Gasteiger partial charge in [0.05, 0.1) is 0 Å². The predicted octanol–water partition coefficient (Wildman–Crippen LogP) is -0.246. The molecule has 25 heavy (non-hydrogen) atoms. The Morgan fingerprint density at radius 3 is 2.72 bits per heavy atom. The zero-order valence-corrected chi connectivity index (χ0v) is 14.2. The number of nitrogens with zero attached hydrogens (tertiary/aromatic N) is 5. The van der Waals surface area contributed by atoms with Gasteiger partial charge in [0.25, 0.3) is 5.91 Å². The second-order valence-corrected chi connectivity index (χ2v) is 6.01. The number of rotatable bonds is 6. The Hall–Kier alpha value is -2.68. The standard InChI is InChI=1S/C16H22N6O3/c1-13-11-14(19-25-13)16(24)21-9-7-20(8-10-21)6-4-17-15(23)12-22-5-2-3-18-22/h2-3,5,11H,4,6-10,12H2,1H3,(H,17,23). The Morgan fingerprint density at radius 2 is 2.08 bits per heavy atom. The summed E-state index contributed by atoms with van der Waals surface area (Å²) in [6, 6.07) is 3.44. The summed E-state index contributed by atoms with van der Waals surface area (Å²) in [4.78, 5) is 28.1. The lowest BCUT2D eigenvalue weighted by atomic mass is 10.2. The van der Waals surface area contributed by atoms with Crippen LogP contribution >= 0.6 is 0 Å². The lowest BCUT2D eigenvalue weighted by molar-refractivity contribution is -0.121. The van der Waals surface area contributed by atoms with E-state index in [4.69, 9.17) is 4.52 Å². The molecule has 0 aromatic carbocycles. The molecule has 0 unspecified atom stereocenters. The van der Waals surface area contributed by atoms with Crippen molar-refractivity contribution in [2.75, 3.05) is 39.3 Å². The minimum atomic E-state index is -0.0935. The normalized spacial score (nSPS) is 15.3. The molecule has 0 spiro atoms. The van der Waals surface area contributed by atoms with Crippen molar-refractivity contribution in [3.8, 4) is 0 Å². The summed E-state index contributed by atoms with van der Waals surface area (Å²) < 4.78 is 6.54. The Labute approximate surface area is 145 Å². The molecular formula is C16H22N6O3. The summed E-state index contributed by atoms with van der Waals surface area (Å²) in [5.41, 5.74) is 0.358. The molecule has 1 aliphatic heterocycles. The number of nitrogens with one attached hydrogen (secondary N) is 1. The van der Waals surface area contributed by atoms with Crippen LogP contribution in [0.4, 0.5) is 0 Å². The van der Waals surface area contributed by atoms with Crippen LogP contribution in [0.3, 0.4) is 0 Å². The third kappa shape index (κ3) is 4.66. The highest BCUT2D eigenvalue weighted by Crippen LogP contribution is 2.09. The molecule has 0 saturated carbocycles. The highest BCUT2D eigenvalue weighted by atomic mass is 16.5. The number of aryl methyl sites for hydroxylation is 1. The summed E-state index contributed by atoms with van der Waals surface area (Å²) in [6.45, 7) is 6.17. The van der Waals surface area contributed by atoms with Gasteiger partial charge in [-0.1, -0.05) is 5.16 Å². The van der Waals surface area contributed by atoms with Crippen molar-refractivity contribution in [3.63, 3.8) is 0 Å². The van der Waals surface area contributed by atoms with Gasteiger partial charge in [-0.25, -0.2) is 0 Å². The largest absolute Gasteiger partial charge is 0.361 e. The average Bonchev–Trinajstić information content (AvgIpc) is 3.26. The maximum absolute atomic E-state index is 12.3. The van der Waals surface area contributed by atoms with Gasteiger partial charge in [0.1, 0.15) is 12.3 Å². The number of aromatic nitrogens is 3. The van der Waals surface area contributed by atoms with Gasteiger partial charge in [-0.05, 0) is 13.0 Å². The van der Waals surface area contributed by atoms with Gasteiger partial charge in [-0.15, -0.1) is 0 Å². The fraction of sp³-hybridized carbons (Fsp3) is 0.500. The van der Waals surface area contributed by atoms with Crippen molar-refractivity contribution in [2.24, 2.45) is 0 Å². The molecule has 2 aromatic rings. The Balaban J connectivity index is 1.35. The molecule has 1 fully saturated rings. The van der Waals surface area contributed by atoms with Crippen LogP contribution in [-0.2, 0) is 11.3 Å². The first-order valence-electron chi connectivity index (χ1n) is 8.31. The van der Waals surface area contributed by atoms with E-state index in [2.05, 4.69) is 20.5 Å². The second-order valence-electron chi connectivity index (χ2n) is 6.01. The molecule has 0 atom stereocenters. The minimum Gasteiger partial charge on any atom is -0.361 e. The number of carbonyl (C=O) groups excluding carboxylic acids is 2. The van der Waals surface area contributed by atoms with Gasteiger partial charge in [-0.3, -0.25) is 19.2 Å². The smallest absolute Gasteiger partial charge is 0.276 e. The molecule has 3 rings (SSSR count). The van der Waals surface area contributed by atoms with Gasteiger partial charge in [0, 0.05) is 57.7 Å². The lowest BCUT2D eigenvalue weighted by Crippen LogP contribution is -2.50. The number of hydrogen-bond donors (Lipinski definition) is 1. The number of piperazine rings is 1. The molecule has 2 aromatic heterocycles. The Morgan fingerprint density at radius 1 is 1.28 bits per heavy atom. The first-order chi connectivity index (χ1) is 12.1. The summed E-state index contributed by atoms with van der Waals surface area (Å²) in [5.74, 6) is 0.482. The molecule has 0 bridgehead atoms. The molecule has 134 valence electrons. The maximum Gasteiger partial charge on any atom is 0.276 e. The van der Waals surface area contributed by atoms with Crippen LogP contribution in [0.1, 0.15) is 16.2 Å². The van der Waals surface area contributed by atoms with Crippen LogP contribution in [0.5, 0.6) is 0 Å². The van der Waals surface area contributed by atoms with Crippen LogP contribution in [-0.4, -0.2) is 75.8 Å². The van der Waals surface area contributed by atoms with Gasteiger partial charge in [0.2, 0.25) is 5.91 Å². The summed E-state index contributed by atoms with van der Waals surface area (Å²) >= 11 is 0. The average molecular weight is 346 g/mol. The van der Waals surface area contributed by atoms with Crippen LogP contribution in [0.2, 0.25) is 0 Å². The van der Waals surface area contributed by atoms with Gasteiger partial charge < -0.3 is 14.7 Å².